The van der Waals surface area contributed by atoms with Gasteiger partial charge in [0.1, 0.15) is 5.75 Å². The van der Waals surface area contributed by atoms with Crippen LogP contribution in [0.5, 0.6) is 5.75 Å². The standard InChI is InChI=1S/C24H21N3O3/c1-16-15-19(13-14-20(16)29-2)22-23(27-30-26-22)25-24(28)21(17-9-5-3-6-10-17)18-11-7-4-8-12-18/h3-15,21H,1-2H3,(H,25,27,28). The summed E-state index contributed by atoms with van der Waals surface area (Å²) in [7, 11) is 1.62. The molecule has 1 heterocycles. The van der Waals surface area contributed by atoms with Crippen LogP contribution < -0.4 is 10.1 Å². The molecule has 1 N–H and O–H groups in total. The smallest absolute Gasteiger partial charge is 0.237 e. The molecule has 6 heteroatoms. The molecule has 0 radical (unpaired) electrons. The first kappa shape index (κ1) is 19.4. The summed E-state index contributed by atoms with van der Waals surface area (Å²) in [5.74, 6) is 0.347. The molecule has 0 atom stereocenters. The Bertz CT molecular complexity index is 1100. The highest BCUT2D eigenvalue weighted by molar-refractivity contribution is 5.99. The third-order valence-corrected chi connectivity index (χ3v) is 4.93. The van der Waals surface area contributed by atoms with Gasteiger partial charge in [-0.1, -0.05) is 60.7 Å². The molecule has 4 rings (SSSR count). The third-order valence-electron chi connectivity index (χ3n) is 4.93. The van der Waals surface area contributed by atoms with Gasteiger partial charge < -0.3 is 10.1 Å². The van der Waals surface area contributed by atoms with Gasteiger partial charge in [0, 0.05) is 5.56 Å². The van der Waals surface area contributed by atoms with Crippen molar-refractivity contribution >= 4 is 11.7 Å². The van der Waals surface area contributed by atoms with Crippen molar-refractivity contribution in [3.05, 3.63) is 95.6 Å². The Labute approximate surface area is 174 Å². The summed E-state index contributed by atoms with van der Waals surface area (Å²) >= 11 is 0. The second-order valence-corrected chi connectivity index (χ2v) is 6.89. The molecule has 4 aromatic rings. The fraction of sp³-hybridized carbons (Fsp3) is 0.125. The van der Waals surface area contributed by atoms with Gasteiger partial charge >= 0.3 is 0 Å². The number of hydrogen-bond acceptors (Lipinski definition) is 5. The van der Waals surface area contributed by atoms with E-state index >= 15 is 0 Å². The Balaban J connectivity index is 1.66. The zero-order chi connectivity index (χ0) is 20.9. The number of methoxy groups -OCH3 is 1. The van der Waals surface area contributed by atoms with Gasteiger partial charge in [-0.2, -0.15) is 0 Å². The maximum absolute atomic E-state index is 13.3. The quantitative estimate of drug-likeness (QED) is 0.503. The van der Waals surface area contributed by atoms with Crippen molar-refractivity contribution in [3.8, 4) is 17.0 Å². The molecular weight excluding hydrogens is 378 g/mol. The predicted molar refractivity (Wildman–Crippen MR) is 114 cm³/mol. The van der Waals surface area contributed by atoms with Crippen LogP contribution in [-0.2, 0) is 4.79 Å². The first-order valence-corrected chi connectivity index (χ1v) is 9.55. The molecule has 0 aliphatic heterocycles. The van der Waals surface area contributed by atoms with Crippen molar-refractivity contribution in [1.82, 2.24) is 10.3 Å². The van der Waals surface area contributed by atoms with Crippen molar-refractivity contribution in [1.29, 1.82) is 0 Å². The Kier molecular flexibility index (Phi) is 5.57. The van der Waals surface area contributed by atoms with E-state index in [2.05, 4.69) is 15.6 Å². The molecule has 1 amide bonds. The minimum Gasteiger partial charge on any atom is -0.496 e. The summed E-state index contributed by atoms with van der Waals surface area (Å²) in [6.07, 6.45) is 0. The SMILES string of the molecule is COc1ccc(-c2nonc2NC(=O)C(c2ccccc2)c2ccccc2)cc1C. The number of ether oxygens (including phenoxy) is 1. The Hall–Kier alpha value is -3.93. The van der Waals surface area contributed by atoms with Crippen LogP contribution in [0.15, 0.2) is 83.5 Å². The minimum atomic E-state index is -0.491. The van der Waals surface area contributed by atoms with E-state index in [0.29, 0.717) is 5.69 Å². The lowest BCUT2D eigenvalue weighted by Gasteiger charge is -2.17. The van der Waals surface area contributed by atoms with E-state index in [0.717, 1.165) is 28.0 Å². The van der Waals surface area contributed by atoms with Gasteiger partial charge in [0.25, 0.3) is 0 Å². The highest BCUT2D eigenvalue weighted by Crippen LogP contribution is 2.31. The maximum Gasteiger partial charge on any atom is 0.237 e. The molecular formula is C24H21N3O3. The fourth-order valence-corrected chi connectivity index (χ4v) is 3.46. The number of amides is 1. The van der Waals surface area contributed by atoms with Crippen molar-refractivity contribution in [2.45, 2.75) is 12.8 Å². The monoisotopic (exact) mass is 399 g/mol. The van der Waals surface area contributed by atoms with Gasteiger partial charge in [-0.25, -0.2) is 4.63 Å². The molecule has 3 aromatic carbocycles. The van der Waals surface area contributed by atoms with Crippen LogP contribution in [0.4, 0.5) is 5.82 Å². The second kappa shape index (κ2) is 8.61. The van der Waals surface area contributed by atoms with Crippen LogP contribution >= 0.6 is 0 Å². The third kappa shape index (κ3) is 3.93. The summed E-state index contributed by atoms with van der Waals surface area (Å²) in [6.45, 7) is 1.94. The number of nitrogens with zero attached hydrogens (tertiary/aromatic N) is 2. The van der Waals surface area contributed by atoms with Gasteiger partial charge in [0.2, 0.25) is 11.7 Å². The molecule has 0 aliphatic rings. The van der Waals surface area contributed by atoms with E-state index in [4.69, 9.17) is 9.37 Å². The second-order valence-electron chi connectivity index (χ2n) is 6.89. The lowest BCUT2D eigenvalue weighted by molar-refractivity contribution is -0.116. The zero-order valence-electron chi connectivity index (χ0n) is 16.7. The Morgan fingerprint density at radius 1 is 0.933 bits per heavy atom. The van der Waals surface area contributed by atoms with Crippen LogP contribution in [0.25, 0.3) is 11.3 Å². The number of benzene rings is 3. The number of nitrogens with one attached hydrogen (secondary N) is 1. The summed E-state index contributed by atoms with van der Waals surface area (Å²) < 4.78 is 10.3. The van der Waals surface area contributed by atoms with Crippen LogP contribution in [-0.4, -0.2) is 23.3 Å². The topological polar surface area (TPSA) is 77.2 Å². The summed E-state index contributed by atoms with van der Waals surface area (Å²) in [5.41, 5.74) is 3.97. The summed E-state index contributed by atoms with van der Waals surface area (Å²) in [5, 5.41) is 10.8. The van der Waals surface area contributed by atoms with E-state index in [-0.39, 0.29) is 11.7 Å². The highest BCUT2D eigenvalue weighted by Gasteiger charge is 2.25. The van der Waals surface area contributed by atoms with Crippen molar-refractivity contribution in [2.75, 3.05) is 12.4 Å². The van der Waals surface area contributed by atoms with E-state index in [1.54, 1.807) is 7.11 Å². The van der Waals surface area contributed by atoms with Gasteiger partial charge in [-0.3, -0.25) is 4.79 Å². The van der Waals surface area contributed by atoms with Crippen molar-refractivity contribution in [3.63, 3.8) is 0 Å². The van der Waals surface area contributed by atoms with Crippen LogP contribution in [0.3, 0.4) is 0 Å². The first-order valence-electron chi connectivity index (χ1n) is 9.55. The molecule has 0 aliphatic carbocycles. The van der Waals surface area contributed by atoms with Crippen molar-refractivity contribution in [2.24, 2.45) is 0 Å². The number of aryl methyl sites for hydroxylation is 1. The molecule has 150 valence electrons. The molecule has 0 unspecified atom stereocenters. The fourth-order valence-electron chi connectivity index (χ4n) is 3.46. The first-order chi connectivity index (χ1) is 14.7. The molecule has 0 saturated heterocycles. The van der Waals surface area contributed by atoms with Crippen LogP contribution in [0, 0.1) is 6.92 Å². The molecule has 0 bridgehead atoms. The normalized spacial score (nSPS) is 10.8. The molecule has 0 fully saturated rings. The van der Waals surface area contributed by atoms with Crippen LogP contribution in [0.2, 0.25) is 0 Å². The van der Waals surface area contributed by atoms with Gasteiger partial charge in [0.15, 0.2) is 5.69 Å². The lowest BCUT2D eigenvalue weighted by Crippen LogP contribution is -2.22. The predicted octanol–water partition coefficient (Wildman–Crippen LogP) is 4.82. The van der Waals surface area contributed by atoms with E-state index in [1.165, 1.54) is 0 Å². The maximum atomic E-state index is 13.3. The largest absolute Gasteiger partial charge is 0.496 e. The number of hydrogen-bond donors (Lipinski definition) is 1. The molecule has 6 nitrogen and oxygen atoms in total. The van der Waals surface area contributed by atoms with E-state index in [9.17, 15) is 4.79 Å². The number of rotatable bonds is 6. The highest BCUT2D eigenvalue weighted by atomic mass is 16.6. The van der Waals surface area contributed by atoms with Gasteiger partial charge in [-0.15, -0.1) is 0 Å². The zero-order valence-corrected chi connectivity index (χ0v) is 16.7. The Morgan fingerprint density at radius 2 is 1.57 bits per heavy atom. The minimum absolute atomic E-state index is 0.213. The van der Waals surface area contributed by atoms with Gasteiger partial charge in [0.05, 0.1) is 13.0 Å². The average molecular weight is 399 g/mol. The molecule has 30 heavy (non-hydrogen) atoms. The van der Waals surface area contributed by atoms with Crippen molar-refractivity contribution < 1.29 is 14.2 Å². The summed E-state index contributed by atoms with van der Waals surface area (Å²) in [4.78, 5) is 13.3. The molecule has 0 saturated carbocycles. The van der Waals surface area contributed by atoms with Crippen LogP contribution in [0.1, 0.15) is 22.6 Å². The average Bonchev–Trinajstić information content (AvgIpc) is 3.23. The van der Waals surface area contributed by atoms with E-state index < -0.39 is 5.92 Å². The lowest BCUT2D eigenvalue weighted by atomic mass is 9.90. The molecule has 0 spiro atoms. The number of anilines is 1. The number of aromatic nitrogens is 2. The molecule has 1 aromatic heterocycles. The van der Waals surface area contributed by atoms with Gasteiger partial charge in [-0.05, 0) is 52.1 Å². The number of carbonyl (C=O) groups excluding carboxylic acids is 1. The number of carbonyl (C=O) groups is 1. The summed E-state index contributed by atoms with van der Waals surface area (Å²) in [6, 6.07) is 24.9. The Morgan fingerprint density at radius 3 is 2.13 bits per heavy atom. The van der Waals surface area contributed by atoms with E-state index in [1.807, 2.05) is 85.8 Å².